The molecule has 1 aromatic rings. The van der Waals surface area contributed by atoms with E-state index in [2.05, 4.69) is 25.7 Å². The second kappa shape index (κ2) is 6.02. The van der Waals surface area contributed by atoms with Crippen LogP contribution >= 0.6 is 0 Å². The molecule has 0 saturated carbocycles. The number of amides is 1. The van der Waals surface area contributed by atoms with Gasteiger partial charge in [-0.2, -0.15) is 0 Å². The molecule has 0 aromatic carbocycles. The summed E-state index contributed by atoms with van der Waals surface area (Å²) in [5, 5.41) is 13.5. The Bertz CT molecular complexity index is 336. The number of carbonyl (C=O) groups is 1. The van der Waals surface area contributed by atoms with Gasteiger partial charge in [0.15, 0.2) is 5.82 Å². The van der Waals surface area contributed by atoms with Crippen molar-refractivity contribution in [2.24, 2.45) is 0 Å². The summed E-state index contributed by atoms with van der Waals surface area (Å²) in [7, 11) is 4.01. The lowest BCUT2D eigenvalue weighted by Crippen LogP contribution is -2.21. The summed E-state index contributed by atoms with van der Waals surface area (Å²) in [5.74, 6) is 1.02. The van der Waals surface area contributed by atoms with Crippen LogP contribution in [0.5, 0.6) is 0 Å². The van der Waals surface area contributed by atoms with E-state index in [1.54, 1.807) is 12.1 Å². The van der Waals surface area contributed by atoms with Crippen LogP contribution in [-0.2, 0) is 4.79 Å². The number of hydrogen-bond acceptors (Lipinski definition) is 5. The Labute approximate surface area is 95.0 Å². The first-order chi connectivity index (χ1) is 7.58. The number of anilines is 2. The van der Waals surface area contributed by atoms with Crippen LogP contribution in [0, 0.1) is 0 Å². The molecule has 1 amide bonds. The van der Waals surface area contributed by atoms with E-state index in [0.717, 1.165) is 13.1 Å². The van der Waals surface area contributed by atoms with Crippen molar-refractivity contribution < 1.29 is 4.79 Å². The predicted octanol–water partition coefficient (Wildman–Crippen LogP) is 0.408. The molecule has 1 aromatic heterocycles. The minimum atomic E-state index is -0.150. The molecule has 0 saturated heterocycles. The molecule has 0 spiro atoms. The quantitative estimate of drug-likeness (QED) is 0.756. The minimum absolute atomic E-state index is 0.150. The zero-order chi connectivity index (χ0) is 12.0. The predicted molar refractivity (Wildman–Crippen MR) is 63.4 cm³/mol. The van der Waals surface area contributed by atoms with E-state index in [-0.39, 0.29) is 5.91 Å². The normalized spacial score (nSPS) is 10.2. The average molecular weight is 223 g/mol. The van der Waals surface area contributed by atoms with Crippen molar-refractivity contribution >= 4 is 17.5 Å². The molecule has 88 valence electrons. The van der Waals surface area contributed by atoms with Crippen molar-refractivity contribution in [2.75, 3.05) is 37.8 Å². The molecule has 1 heterocycles. The molecular weight excluding hydrogens is 206 g/mol. The van der Waals surface area contributed by atoms with Gasteiger partial charge in [0, 0.05) is 20.0 Å². The first-order valence-corrected chi connectivity index (χ1v) is 5.08. The highest BCUT2D eigenvalue weighted by Gasteiger charge is 1.98. The molecule has 6 nitrogen and oxygen atoms in total. The molecule has 6 heteroatoms. The Morgan fingerprint density at radius 1 is 1.31 bits per heavy atom. The molecule has 1 rings (SSSR count). The van der Waals surface area contributed by atoms with Gasteiger partial charge in [-0.05, 0) is 26.2 Å². The summed E-state index contributed by atoms with van der Waals surface area (Å²) < 4.78 is 0. The summed E-state index contributed by atoms with van der Waals surface area (Å²) in [4.78, 5) is 12.8. The fraction of sp³-hybridized carbons (Fsp3) is 0.500. The number of rotatable bonds is 5. The lowest BCUT2D eigenvalue weighted by atomic mass is 10.4. The topological polar surface area (TPSA) is 70.2 Å². The lowest BCUT2D eigenvalue weighted by Gasteiger charge is -2.10. The van der Waals surface area contributed by atoms with E-state index in [1.807, 2.05) is 14.1 Å². The fourth-order valence-electron chi connectivity index (χ4n) is 1.08. The number of carbonyl (C=O) groups excluding carboxylic acids is 1. The highest BCUT2D eigenvalue weighted by Crippen LogP contribution is 2.05. The summed E-state index contributed by atoms with van der Waals surface area (Å²) >= 11 is 0. The number of likely N-dealkylation sites (N-methyl/N-ethyl adjacent to an activating group) is 1. The number of aromatic nitrogens is 2. The first kappa shape index (κ1) is 12.4. The van der Waals surface area contributed by atoms with Gasteiger partial charge in [0.1, 0.15) is 5.82 Å². The van der Waals surface area contributed by atoms with Gasteiger partial charge < -0.3 is 15.5 Å². The van der Waals surface area contributed by atoms with Gasteiger partial charge in [0.25, 0.3) is 0 Å². The largest absolute Gasteiger partial charge is 0.367 e. The van der Waals surface area contributed by atoms with Crippen LogP contribution in [0.15, 0.2) is 12.1 Å². The van der Waals surface area contributed by atoms with Crippen LogP contribution in [-0.4, -0.2) is 48.2 Å². The van der Waals surface area contributed by atoms with Crippen LogP contribution in [0.1, 0.15) is 6.92 Å². The zero-order valence-electron chi connectivity index (χ0n) is 9.82. The minimum Gasteiger partial charge on any atom is -0.367 e. The monoisotopic (exact) mass is 223 g/mol. The highest BCUT2D eigenvalue weighted by molar-refractivity contribution is 5.87. The smallest absolute Gasteiger partial charge is 0.222 e. The Morgan fingerprint density at radius 2 is 1.94 bits per heavy atom. The van der Waals surface area contributed by atoms with Gasteiger partial charge >= 0.3 is 0 Å². The van der Waals surface area contributed by atoms with Gasteiger partial charge in [0.2, 0.25) is 5.91 Å². The molecular formula is C10H17N5O. The molecule has 0 aliphatic carbocycles. The molecule has 0 unspecified atom stereocenters. The van der Waals surface area contributed by atoms with Crippen LogP contribution < -0.4 is 10.6 Å². The number of nitrogens with zero attached hydrogens (tertiary/aromatic N) is 3. The molecule has 16 heavy (non-hydrogen) atoms. The first-order valence-electron chi connectivity index (χ1n) is 5.08. The number of nitrogens with one attached hydrogen (secondary N) is 2. The van der Waals surface area contributed by atoms with Crippen molar-refractivity contribution in [3.63, 3.8) is 0 Å². The molecule has 0 atom stereocenters. The summed E-state index contributed by atoms with van der Waals surface area (Å²) in [6, 6.07) is 3.50. The van der Waals surface area contributed by atoms with Crippen molar-refractivity contribution in [2.45, 2.75) is 6.92 Å². The lowest BCUT2D eigenvalue weighted by molar-refractivity contribution is -0.114. The highest BCUT2D eigenvalue weighted by atomic mass is 16.1. The van der Waals surface area contributed by atoms with Gasteiger partial charge in [-0.25, -0.2) is 0 Å². The summed E-state index contributed by atoms with van der Waals surface area (Å²) in [5.41, 5.74) is 0. The van der Waals surface area contributed by atoms with Crippen molar-refractivity contribution in [1.29, 1.82) is 0 Å². The van der Waals surface area contributed by atoms with Crippen LogP contribution in [0.25, 0.3) is 0 Å². The maximum Gasteiger partial charge on any atom is 0.222 e. The van der Waals surface area contributed by atoms with E-state index in [4.69, 9.17) is 0 Å². The summed E-state index contributed by atoms with van der Waals surface area (Å²) in [6.45, 7) is 3.17. The Balaban J connectivity index is 2.42. The van der Waals surface area contributed by atoms with Gasteiger partial charge in [0.05, 0.1) is 0 Å². The molecule has 0 bridgehead atoms. The van der Waals surface area contributed by atoms with E-state index in [9.17, 15) is 4.79 Å². The Morgan fingerprint density at radius 3 is 2.44 bits per heavy atom. The molecule has 0 aliphatic heterocycles. The van der Waals surface area contributed by atoms with Crippen LogP contribution in [0.4, 0.5) is 11.6 Å². The fourth-order valence-corrected chi connectivity index (χ4v) is 1.08. The van der Waals surface area contributed by atoms with Crippen LogP contribution in [0.3, 0.4) is 0 Å². The zero-order valence-corrected chi connectivity index (χ0v) is 9.82. The van der Waals surface area contributed by atoms with Gasteiger partial charge in [-0.15, -0.1) is 10.2 Å². The Kier molecular flexibility index (Phi) is 4.65. The van der Waals surface area contributed by atoms with E-state index in [1.165, 1.54) is 6.92 Å². The van der Waals surface area contributed by atoms with Crippen molar-refractivity contribution in [3.8, 4) is 0 Å². The molecule has 0 fully saturated rings. The SMILES string of the molecule is CC(=O)Nc1ccc(NCCN(C)C)nn1. The van der Waals surface area contributed by atoms with E-state index in [0.29, 0.717) is 11.6 Å². The third kappa shape index (κ3) is 4.70. The third-order valence-corrected chi connectivity index (χ3v) is 1.83. The second-order valence-electron chi connectivity index (χ2n) is 3.72. The van der Waals surface area contributed by atoms with Crippen molar-refractivity contribution in [1.82, 2.24) is 15.1 Å². The average Bonchev–Trinajstić information content (AvgIpc) is 2.19. The summed E-state index contributed by atoms with van der Waals surface area (Å²) in [6.07, 6.45) is 0. The van der Waals surface area contributed by atoms with Crippen LogP contribution in [0.2, 0.25) is 0 Å². The van der Waals surface area contributed by atoms with E-state index < -0.39 is 0 Å². The molecule has 0 aliphatic rings. The molecule has 2 N–H and O–H groups in total. The number of hydrogen-bond donors (Lipinski definition) is 2. The third-order valence-electron chi connectivity index (χ3n) is 1.83. The second-order valence-corrected chi connectivity index (χ2v) is 3.72. The van der Waals surface area contributed by atoms with Gasteiger partial charge in [-0.3, -0.25) is 4.79 Å². The maximum atomic E-state index is 10.7. The van der Waals surface area contributed by atoms with Crippen molar-refractivity contribution in [3.05, 3.63) is 12.1 Å². The Hall–Kier alpha value is -1.69. The standard InChI is InChI=1S/C10H17N5O/c1-8(16)12-10-5-4-9(13-14-10)11-6-7-15(2)3/h4-5H,6-7H2,1-3H3,(H,11,13)(H,12,14,16). The van der Waals surface area contributed by atoms with Gasteiger partial charge in [-0.1, -0.05) is 0 Å². The van der Waals surface area contributed by atoms with E-state index >= 15 is 0 Å². The maximum absolute atomic E-state index is 10.7. The molecule has 0 radical (unpaired) electrons.